The normalized spacial score (nSPS) is 10.0. The molecule has 118 valence electrons. The molecule has 0 radical (unpaired) electrons. The molecule has 0 heterocycles. The van der Waals surface area contributed by atoms with Crippen molar-refractivity contribution in [1.82, 2.24) is 0 Å². The fraction of sp³-hybridized carbons (Fsp3) is 0.0909. The van der Waals surface area contributed by atoms with Gasteiger partial charge in [-0.3, -0.25) is 0 Å². The van der Waals surface area contributed by atoms with Gasteiger partial charge in [0.25, 0.3) is 0 Å². The third kappa shape index (κ3) is 3.59. The first kappa shape index (κ1) is 15.7. The lowest BCUT2D eigenvalue weighted by Crippen LogP contribution is -1.97. The van der Waals surface area contributed by atoms with Crippen molar-refractivity contribution in [3.63, 3.8) is 0 Å². The van der Waals surface area contributed by atoms with Gasteiger partial charge in [0.1, 0.15) is 18.1 Å². The van der Waals surface area contributed by atoms with Crippen molar-refractivity contribution in [3.8, 4) is 35.0 Å². The minimum atomic E-state index is 0.492. The number of rotatable bonds is 5. The monoisotopic (exact) mass is 314 g/mol. The highest BCUT2D eigenvalue weighted by molar-refractivity contribution is 5.72. The second-order valence-corrected chi connectivity index (χ2v) is 5.36. The lowest BCUT2D eigenvalue weighted by molar-refractivity contribution is 0.307. The fourth-order valence-electron chi connectivity index (χ4n) is 2.50. The SMILES string of the molecule is C#Cc1ccc(-c2cccc(OC)c2)c(OCc2ccccc2)c1. The van der Waals surface area contributed by atoms with Crippen LogP contribution in [0.4, 0.5) is 0 Å². The number of benzene rings is 3. The number of terminal acetylenes is 1. The van der Waals surface area contributed by atoms with E-state index in [2.05, 4.69) is 5.92 Å². The number of methoxy groups -OCH3 is 1. The molecule has 2 heteroatoms. The Morgan fingerprint density at radius 2 is 1.75 bits per heavy atom. The number of hydrogen-bond acceptors (Lipinski definition) is 2. The van der Waals surface area contributed by atoms with Crippen molar-refractivity contribution in [2.75, 3.05) is 7.11 Å². The molecule has 0 aromatic heterocycles. The molecule has 0 N–H and O–H groups in total. The van der Waals surface area contributed by atoms with E-state index >= 15 is 0 Å². The molecule has 0 aliphatic rings. The van der Waals surface area contributed by atoms with E-state index in [1.807, 2.05) is 72.8 Å². The zero-order valence-corrected chi connectivity index (χ0v) is 13.5. The molecule has 2 nitrogen and oxygen atoms in total. The van der Waals surface area contributed by atoms with E-state index in [0.717, 1.165) is 33.8 Å². The van der Waals surface area contributed by atoms with Crippen LogP contribution in [-0.4, -0.2) is 7.11 Å². The van der Waals surface area contributed by atoms with Crippen LogP contribution >= 0.6 is 0 Å². The molecule has 0 aliphatic heterocycles. The molecule has 0 unspecified atom stereocenters. The molecule has 24 heavy (non-hydrogen) atoms. The molecule has 3 aromatic rings. The van der Waals surface area contributed by atoms with Crippen molar-refractivity contribution in [2.45, 2.75) is 6.61 Å². The second-order valence-electron chi connectivity index (χ2n) is 5.36. The van der Waals surface area contributed by atoms with Crippen LogP contribution < -0.4 is 9.47 Å². The maximum atomic E-state index is 6.06. The highest BCUT2D eigenvalue weighted by Crippen LogP contribution is 2.33. The predicted molar refractivity (Wildman–Crippen MR) is 97.1 cm³/mol. The Balaban J connectivity index is 1.95. The largest absolute Gasteiger partial charge is 0.497 e. The fourth-order valence-corrected chi connectivity index (χ4v) is 2.50. The second kappa shape index (κ2) is 7.39. The summed E-state index contributed by atoms with van der Waals surface area (Å²) in [5.74, 6) is 4.24. The number of hydrogen-bond donors (Lipinski definition) is 0. The molecule has 0 bridgehead atoms. The molecule has 0 atom stereocenters. The average molecular weight is 314 g/mol. The van der Waals surface area contributed by atoms with Crippen LogP contribution in [0.5, 0.6) is 11.5 Å². The quantitative estimate of drug-likeness (QED) is 0.622. The first-order chi connectivity index (χ1) is 11.8. The van der Waals surface area contributed by atoms with Gasteiger partial charge in [0.2, 0.25) is 0 Å². The van der Waals surface area contributed by atoms with Gasteiger partial charge in [-0.15, -0.1) is 6.42 Å². The molecule has 0 spiro atoms. The van der Waals surface area contributed by atoms with Crippen LogP contribution in [0.2, 0.25) is 0 Å². The van der Waals surface area contributed by atoms with E-state index in [9.17, 15) is 0 Å². The van der Waals surface area contributed by atoms with Gasteiger partial charge in [0.15, 0.2) is 0 Å². The molecular weight excluding hydrogens is 296 g/mol. The lowest BCUT2D eigenvalue weighted by atomic mass is 10.0. The van der Waals surface area contributed by atoms with Crippen molar-refractivity contribution >= 4 is 0 Å². The summed E-state index contributed by atoms with van der Waals surface area (Å²) in [7, 11) is 1.66. The molecule has 3 rings (SSSR count). The van der Waals surface area contributed by atoms with Crippen LogP contribution in [0.3, 0.4) is 0 Å². The van der Waals surface area contributed by atoms with Gasteiger partial charge in [0, 0.05) is 11.1 Å². The summed E-state index contributed by atoms with van der Waals surface area (Å²) in [6.07, 6.45) is 5.53. The van der Waals surface area contributed by atoms with Crippen LogP contribution in [0.1, 0.15) is 11.1 Å². The maximum Gasteiger partial charge on any atom is 0.128 e. The number of ether oxygens (including phenoxy) is 2. The summed E-state index contributed by atoms with van der Waals surface area (Å²) in [5, 5.41) is 0. The highest BCUT2D eigenvalue weighted by Gasteiger charge is 2.09. The molecule has 0 saturated heterocycles. The maximum absolute atomic E-state index is 6.06. The smallest absolute Gasteiger partial charge is 0.128 e. The lowest BCUT2D eigenvalue weighted by Gasteiger charge is -2.13. The third-order valence-electron chi connectivity index (χ3n) is 3.77. The average Bonchev–Trinajstić information content (AvgIpc) is 2.67. The Morgan fingerprint density at radius 3 is 2.50 bits per heavy atom. The van der Waals surface area contributed by atoms with E-state index in [1.54, 1.807) is 7.11 Å². The van der Waals surface area contributed by atoms with E-state index in [-0.39, 0.29) is 0 Å². The van der Waals surface area contributed by atoms with Gasteiger partial charge in [-0.05, 0) is 41.5 Å². The molecule has 0 amide bonds. The first-order valence-corrected chi connectivity index (χ1v) is 7.72. The summed E-state index contributed by atoms with van der Waals surface area (Å²) in [6, 6.07) is 23.8. The Labute approximate surface area is 142 Å². The molecule has 3 aromatic carbocycles. The van der Waals surface area contributed by atoms with Crippen LogP contribution in [0.25, 0.3) is 11.1 Å². The van der Waals surface area contributed by atoms with Crippen molar-refractivity contribution in [3.05, 3.63) is 83.9 Å². The minimum Gasteiger partial charge on any atom is -0.497 e. The standard InChI is InChI=1S/C22H18O2/c1-3-17-12-13-21(19-10-7-11-20(15-19)23-2)22(14-17)24-16-18-8-5-4-6-9-18/h1,4-15H,16H2,2H3. The molecular formula is C22H18O2. The van der Waals surface area contributed by atoms with E-state index in [1.165, 1.54) is 0 Å². The summed E-state index contributed by atoms with van der Waals surface area (Å²) < 4.78 is 11.4. The third-order valence-corrected chi connectivity index (χ3v) is 3.77. The Kier molecular flexibility index (Phi) is 4.84. The zero-order valence-electron chi connectivity index (χ0n) is 13.5. The van der Waals surface area contributed by atoms with Crippen molar-refractivity contribution in [1.29, 1.82) is 0 Å². The Hall–Kier alpha value is -3.18. The van der Waals surface area contributed by atoms with E-state index in [4.69, 9.17) is 15.9 Å². The van der Waals surface area contributed by atoms with Gasteiger partial charge in [-0.25, -0.2) is 0 Å². The molecule has 0 aliphatic carbocycles. The topological polar surface area (TPSA) is 18.5 Å². The van der Waals surface area contributed by atoms with Crippen LogP contribution in [0, 0.1) is 12.3 Å². The van der Waals surface area contributed by atoms with Crippen LogP contribution in [0.15, 0.2) is 72.8 Å². The van der Waals surface area contributed by atoms with Gasteiger partial charge in [0.05, 0.1) is 7.11 Å². The van der Waals surface area contributed by atoms with Crippen LogP contribution in [-0.2, 0) is 6.61 Å². The molecule has 0 fully saturated rings. The van der Waals surface area contributed by atoms with Gasteiger partial charge < -0.3 is 9.47 Å². The summed E-state index contributed by atoms with van der Waals surface area (Å²) >= 11 is 0. The molecule has 0 saturated carbocycles. The minimum absolute atomic E-state index is 0.492. The van der Waals surface area contributed by atoms with Crippen molar-refractivity contribution in [2.24, 2.45) is 0 Å². The Morgan fingerprint density at radius 1 is 0.917 bits per heavy atom. The first-order valence-electron chi connectivity index (χ1n) is 7.72. The Bertz CT molecular complexity index is 861. The predicted octanol–water partition coefficient (Wildman–Crippen LogP) is 4.92. The summed E-state index contributed by atoms with van der Waals surface area (Å²) in [6.45, 7) is 0.492. The van der Waals surface area contributed by atoms with E-state index < -0.39 is 0 Å². The zero-order chi connectivity index (χ0) is 16.8. The van der Waals surface area contributed by atoms with Gasteiger partial charge in [-0.1, -0.05) is 48.4 Å². The summed E-state index contributed by atoms with van der Waals surface area (Å²) in [5.41, 5.74) is 3.93. The highest BCUT2D eigenvalue weighted by atomic mass is 16.5. The van der Waals surface area contributed by atoms with Gasteiger partial charge >= 0.3 is 0 Å². The van der Waals surface area contributed by atoms with Crippen molar-refractivity contribution < 1.29 is 9.47 Å². The van der Waals surface area contributed by atoms with Gasteiger partial charge in [-0.2, -0.15) is 0 Å². The van der Waals surface area contributed by atoms with E-state index in [0.29, 0.717) is 6.61 Å². The summed E-state index contributed by atoms with van der Waals surface area (Å²) in [4.78, 5) is 0.